The summed E-state index contributed by atoms with van der Waals surface area (Å²) in [6.45, 7) is 1.85. The third-order valence-corrected chi connectivity index (χ3v) is 7.73. The van der Waals surface area contributed by atoms with Crippen molar-refractivity contribution in [2.75, 3.05) is 18.6 Å². The van der Waals surface area contributed by atoms with E-state index < -0.39 is 29.2 Å². The first-order chi connectivity index (χ1) is 15.8. The van der Waals surface area contributed by atoms with E-state index in [-0.39, 0.29) is 73.6 Å². The van der Waals surface area contributed by atoms with Gasteiger partial charge in [-0.2, -0.15) is 0 Å². The number of allylic oxidation sites excluding steroid dienone is 1. The van der Waals surface area contributed by atoms with Crippen molar-refractivity contribution < 1.29 is 75.7 Å². The minimum Gasteiger partial charge on any atom is -0.543 e. The van der Waals surface area contributed by atoms with Crippen molar-refractivity contribution in [3.8, 4) is 0 Å². The van der Waals surface area contributed by atoms with Gasteiger partial charge >= 0.3 is 51.4 Å². The summed E-state index contributed by atoms with van der Waals surface area (Å²) in [6.07, 6.45) is 3.42. The van der Waals surface area contributed by atoms with Crippen LogP contribution in [0.25, 0.3) is 6.08 Å². The maximum absolute atomic E-state index is 12.8. The molecule has 2 aromatic rings. The molecule has 0 aliphatic carbocycles. The van der Waals surface area contributed by atoms with Gasteiger partial charge in [0, 0.05) is 16.0 Å². The van der Waals surface area contributed by atoms with Gasteiger partial charge in [-0.25, -0.2) is 9.97 Å². The molecule has 4 heterocycles. The Morgan fingerprint density at radius 1 is 1.38 bits per heavy atom. The largest absolute Gasteiger partial charge is 1.00 e. The fourth-order valence-electron chi connectivity index (χ4n) is 3.31. The molecule has 0 saturated carbocycles. The number of aliphatic carboxylic acids is 1. The van der Waals surface area contributed by atoms with Crippen LogP contribution in [0.1, 0.15) is 16.3 Å². The number of rotatable bonds is 7. The molecule has 11 nitrogen and oxygen atoms in total. The van der Waals surface area contributed by atoms with Gasteiger partial charge in [0.25, 0.3) is 11.8 Å². The number of carbonyl (C=O) groups excluding carboxylic acids is 3. The Kier molecular flexibility index (Phi) is 9.08. The SMILES string of the molecule is CO/N=C(/C(=O)N[C@@H]1C(=O)N2C(C(=O)[O-])=C(/C=C/c3scnc3C)CS[C@H]12)c1csc(N)n1.[K+]. The van der Waals surface area contributed by atoms with Gasteiger partial charge in [0.15, 0.2) is 10.8 Å². The minimum atomic E-state index is -1.46. The zero-order valence-electron chi connectivity index (χ0n) is 18.3. The number of oxime groups is 1. The first kappa shape index (κ1) is 27.0. The number of nitrogen functional groups attached to an aromatic ring is 1. The molecule has 3 N–H and O–H groups in total. The van der Waals surface area contributed by atoms with Crippen molar-refractivity contribution >= 4 is 69.1 Å². The van der Waals surface area contributed by atoms with E-state index in [2.05, 4.69) is 20.4 Å². The van der Waals surface area contributed by atoms with Gasteiger partial charge in [-0.3, -0.25) is 14.5 Å². The molecular formula is C19H17KN6O5S3. The Balaban J connectivity index is 0.00000324. The number of carbonyl (C=O) groups is 3. The fraction of sp³-hybridized carbons (Fsp3) is 0.263. The zero-order chi connectivity index (χ0) is 23.7. The van der Waals surface area contributed by atoms with E-state index >= 15 is 0 Å². The summed E-state index contributed by atoms with van der Waals surface area (Å²) in [5.41, 5.74) is 8.45. The number of thioether (sulfide) groups is 1. The molecule has 0 bridgehead atoms. The molecule has 0 aromatic carbocycles. The van der Waals surface area contributed by atoms with Gasteiger partial charge in [-0.1, -0.05) is 11.2 Å². The number of anilines is 1. The van der Waals surface area contributed by atoms with Crippen LogP contribution in [0.15, 0.2) is 33.4 Å². The van der Waals surface area contributed by atoms with Crippen LogP contribution in [-0.4, -0.2) is 62.6 Å². The van der Waals surface area contributed by atoms with E-state index in [1.54, 1.807) is 17.7 Å². The minimum absolute atomic E-state index is 0. The first-order valence-electron chi connectivity index (χ1n) is 9.42. The number of hydrogen-bond acceptors (Lipinski definition) is 12. The van der Waals surface area contributed by atoms with Crippen LogP contribution in [-0.2, 0) is 19.2 Å². The molecule has 2 aliphatic rings. The Labute approximate surface area is 248 Å². The van der Waals surface area contributed by atoms with Crippen molar-refractivity contribution in [3.63, 3.8) is 0 Å². The Hall–Kier alpha value is -1.59. The third kappa shape index (κ3) is 5.30. The molecule has 2 aliphatic heterocycles. The summed E-state index contributed by atoms with van der Waals surface area (Å²) in [4.78, 5) is 52.4. The third-order valence-electron chi connectivity index (χ3n) is 4.86. The van der Waals surface area contributed by atoms with Crippen LogP contribution in [0, 0.1) is 6.92 Å². The van der Waals surface area contributed by atoms with Crippen LogP contribution in [0.2, 0.25) is 0 Å². The number of hydrogen-bond donors (Lipinski definition) is 2. The van der Waals surface area contributed by atoms with Gasteiger partial charge < -0.3 is 25.8 Å². The number of carboxylic acid groups (broad SMARTS) is 1. The Bertz CT molecular complexity index is 1220. The summed E-state index contributed by atoms with van der Waals surface area (Å²) in [6, 6.07) is -0.941. The van der Waals surface area contributed by atoms with E-state index in [9.17, 15) is 19.5 Å². The molecule has 1 fully saturated rings. The summed E-state index contributed by atoms with van der Waals surface area (Å²) in [5, 5.41) is 19.4. The molecule has 172 valence electrons. The molecule has 0 unspecified atom stereocenters. The quantitative estimate of drug-likeness (QED) is 0.160. The predicted molar refractivity (Wildman–Crippen MR) is 123 cm³/mol. The van der Waals surface area contributed by atoms with E-state index in [1.807, 2.05) is 6.92 Å². The van der Waals surface area contributed by atoms with Crippen molar-refractivity contribution in [1.82, 2.24) is 20.2 Å². The molecule has 0 spiro atoms. The maximum Gasteiger partial charge on any atom is 1.00 e. The van der Waals surface area contributed by atoms with Gasteiger partial charge in [-0.15, -0.1) is 34.4 Å². The first-order valence-corrected chi connectivity index (χ1v) is 12.2. The van der Waals surface area contributed by atoms with Gasteiger partial charge in [0.1, 0.15) is 24.2 Å². The van der Waals surface area contributed by atoms with Crippen LogP contribution in [0.4, 0.5) is 5.13 Å². The number of nitrogens with two attached hydrogens (primary N) is 1. The van der Waals surface area contributed by atoms with Gasteiger partial charge in [0.2, 0.25) is 0 Å². The van der Waals surface area contributed by atoms with E-state index in [0.717, 1.165) is 26.8 Å². The molecular weight excluding hydrogens is 528 g/mol. The monoisotopic (exact) mass is 544 g/mol. The summed E-state index contributed by atoms with van der Waals surface area (Å²) >= 11 is 3.89. The standard InChI is InChI=1S/C19H18N6O5S3.K/c1-8-11(33-7-21-8)4-3-9-5-31-17-13(16(27)25(17)14(9)18(28)29)23-15(26)12(24-30-2)10-6-32-19(20)22-10;/h3-4,6-7,13,17H,5H2,1-2H3,(H2,20,22)(H,23,26)(H,28,29);/q;+1/p-1/b4-3+,24-12+;/t13-,17-;/m1./s1. The number of fused-ring (bicyclic) bond motifs is 1. The van der Waals surface area contributed by atoms with E-state index in [1.165, 1.54) is 35.6 Å². The molecule has 2 aromatic heterocycles. The number of carboxylic acids is 1. The van der Waals surface area contributed by atoms with Gasteiger partial charge in [-0.05, 0) is 18.6 Å². The molecule has 0 radical (unpaired) electrons. The molecule has 34 heavy (non-hydrogen) atoms. The fourth-order valence-corrected chi connectivity index (χ4v) is 5.87. The van der Waals surface area contributed by atoms with Crippen molar-refractivity contribution in [1.29, 1.82) is 0 Å². The summed E-state index contributed by atoms with van der Waals surface area (Å²) < 4.78 is 0. The molecule has 1 saturated heterocycles. The normalized spacial score (nSPS) is 20.0. The average molecular weight is 545 g/mol. The molecule has 4 rings (SSSR count). The molecule has 2 atom stereocenters. The Morgan fingerprint density at radius 2 is 2.15 bits per heavy atom. The van der Waals surface area contributed by atoms with E-state index in [0.29, 0.717) is 11.3 Å². The van der Waals surface area contributed by atoms with Crippen molar-refractivity contribution in [2.45, 2.75) is 18.3 Å². The summed E-state index contributed by atoms with van der Waals surface area (Å²) in [5.74, 6) is -2.39. The predicted octanol–water partition coefficient (Wildman–Crippen LogP) is -3.04. The number of β-lactam (4-membered cyclic amide) rings is 1. The van der Waals surface area contributed by atoms with Crippen LogP contribution in [0.5, 0.6) is 0 Å². The molecule has 2 amide bonds. The topological polar surface area (TPSA) is 163 Å². The number of nitrogens with one attached hydrogen (secondary N) is 1. The smallest absolute Gasteiger partial charge is 0.543 e. The number of amides is 2. The van der Waals surface area contributed by atoms with Crippen LogP contribution < -0.4 is 67.5 Å². The van der Waals surface area contributed by atoms with Crippen molar-refractivity contribution in [2.24, 2.45) is 5.16 Å². The number of aromatic nitrogens is 2. The van der Waals surface area contributed by atoms with Crippen LogP contribution in [0.3, 0.4) is 0 Å². The van der Waals surface area contributed by atoms with Crippen molar-refractivity contribution in [3.05, 3.63) is 44.5 Å². The van der Waals surface area contributed by atoms with Gasteiger partial charge in [0.05, 0.1) is 22.9 Å². The second kappa shape index (κ2) is 11.4. The average Bonchev–Trinajstić information content (AvgIpc) is 3.40. The number of nitrogens with zero attached hydrogens (tertiary/aromatic N) is 4. The van der Waals surface area contributed by atoms with E-state index in [4.69, 9.17) is 10.6 Å². The number of aryl methyl sites for hydroxylation is 1. The zero-order valence-corrected chi connectivity index (χ0v) is 23.9. The summed E-state index contributed by atoms with van der Waals surface area (Å²) in [7, 11) is 1.27. The second-order valence-corrected chi connectivity index (χ2v) is 9.73. The maximum atomic E-state index is 12.8. The Morgan fingerprint density at radius 3 is 2.74 bits per heavy atom. The number of thiazole rings is 2. The molecule has 15 heteroatoms. The second-order valence-electron chi connectivity index (χ2n) is 6.85. The van der Waals surface area contributed by atoms with Crippen LogP contribution >= 0.6 is 34.4 Å².